The van der Waals surface area contributed by atoms with Crippen LogP contribution in [0.5, 0.6) is 0 Å². The third-order valence-corrected chi connectivity index (χ3v) is 11.4. The Balaban J connectivity index is 1.55. The van der Waals surface area contributed by atoms with E-state index in [2.05, 4.69) is 104 Å². The third kappa shape index (κ3) is 15.3. The molecule has 2 unspecified atom stereocenters. The second-order valence-corrected chi connectivity index (χ2v) is 15.4. The van der Waals surface area contributed by atoms with Gasteiger partial charge in [0.15, 0.2) is 0 Å². The van der Waals surface area contributed by atoms with Gasteiger partial charge in [0, 0.05) is 37.8 Å². The van der Waals surface area contributed by atoms with Crippen LogP contribution < -0.4 is 0 Å². The van der Waals surface area contributed by atoms with Crippen molar-refractivity contribution in [3.05, 3.63) is 84.2 Å². The number of benzene rings is 2. The number of rotatable bonds is 31. The topological polar surface area (TPSA) is 6.48 Å². The first kappa shape index (κ1) is 41.2. The molecular weight excluding hydrogens is 593 g/mol. The molecule has 1 aliphatic rings. The summed E-state index contributed by atoms with van der Waals surface area (Å²) in [6.45, 7) is 9.35. The van der Waals surface area contributed by atoms with Crippen LogP contribution in [0.1, 0.15) is 198 Å². The van der Waals surface area contributed by atoms with Gasteiger partial charge in [-0.05, 0) is 30.4 Å². The lowest BCUT2D eigenvalue weighted by molar-refractivity contribution is -0.00378. The Morgan fingerprint density at radius 1 is 0.429 bits per heavy atom. The molecule has 49 heavy (non-hydrogen) atoms. The summed E-state index contributed by atoms with van der Waals surface area (Å²) >= 11 is 0. The highest BCUT2D eigenvalue weighted by Crippen LogP contribution is 2.45. The lowest BCUT2D eigenvalue weighted by Gasteiger charge is -2.51. The van der Waals surface area contributed by atoms with Crippen molar-refractivity contribution in [2.45, 2.75) is 199 Å². The number of hydrogen-bond acceptors (Lipinski definition) is 2. The summed E-state index contributed by atoms with van der Waals surface area (Å²) < 4.78 is 0. The van der Waals surface area contributed by atoms with E-state index in [1.807, 2.05) is 0 Å². The van der Waals surface area contributed by atoms with Crippen LogP contribution >= 0.6 is 0 Å². The molecule has 2 atom stereocenters. The van der Waals surface area contributed by atoms with Gasteiger partial charge in [-0.2, -0.15) is 0 Å². The van der Waals surface area contributed by atoms with Crippen LogP contribution in [-0.4, -0.2) is 28.6 Å². The van der Waals surface area contributed by atoms with E-state index in [4.69, 9.17) is 0 Å². The number of unbranched alkanes of at least 4 members (excludes halogenated alkanes) is 22. The van der Waals surface area contributed by atoms with Crippen molar-refractivity contribution in [2.24, 2.45) is 0 Å². The Morgan fingerprint density at radius 2 is 0.776 bits per heavy atom. The smallest absolute Gasteiger partial charge is 0.123 e. The van der Waals surface area contributed by atoms with Crippen molar-refractivity contribution in [1.82, 2.24) is 9.80 Å². The van der Waals surface area contributed by atoms with Gasteiger partial charge in [-0.25, -0.2) is 0 Å². The molecule has 0 aromatic heterocycles. The fourth-order valence-electron chi connectivity index (χ4n) is 8.50. The summed E-state index contributed by atoms with van der Waals surface area (Å²) in [6, 6.07) is 22.8. The van der Waals surface area contributed by atoms with Gasteiger partial charge in [-0.1, -0.05) is 223 Å². The molecule has 0 amide bonds. The SMILES string of the molecule is CCCCCCCCCCCCCCCCCN1C=CN(CCCCCCCCCCC)C1(Cc1ccccc1)C(CC)c1ccccc1. The van der Waals surface area contributed by atoms with Crippen LogP contribution in [0.2, 0.25) is 0 Å². The van der Waals surface area contributed by atoms with Gasteiger partial charge in [-0.3, -0.25) is 0 Å². The van der Waals surface area contributed by atoms with Crippen molar-refractivity contribution in [3.63, 3.8) is 0 Å². The van der Waals surface area contributed by atoms with Gasteiger partial charge in [-0.15, -0.1) is 0 Å². The molecule has 1 heterocycles. The molecular formula is C47H78N2. The number of nitrogens with zero attached hydrogens (tertiary/aromatic N) is 2. The van der Waals surface area contributed by atoms with Crippen molar-refractivity contribution < 1.29 is 0 Å². The normalized spacial score (nSPS) is 16.6. The minimum atomic E-state index is -0.0619. The van der Waals surface area contributed by atoms with E-state index in [9.17, 15) is 0 Å². The van der Waals surface area contributed by atoms with Crippen LogP contribution in [0.15, 0.2) is 73.1 Å². The van der Waals surface area contributed by atoms with Crippen LogP contribution in [0.4, 0.5) is 0 Å². The molecule has 1 aliphatic heterocycles. The van der Waals surface area contributed by atoms with Crippen LogP contribution in [-0.2, 0) is 6.42 Å². The highest BCUT2D eigenvalue weighted by Gasteiger charge is 2.49. The second-order valence-electron chi connectivity index (χ2n) is 15.4. The lowest BCUT2D eigenvalue weighted by Crippen LogP contribution is -2.59. The summed E-state index contributed by atoms with van der Waals surface area (Å²) in [6.07, 6.45) is 40.8. The average molecular weight is 671 g/mol. The molecule has 0 bridgehead atoms. The molecule has 0 fully saturated rings. The van der Waals surface area contributed by atoms with E-state index in [1.165, 1.54) is 165 Å². The zero-order valence-corrected chi connectivity index (χ0v) is 32.7. The Kier molecular flexibility index (Phi) is 22.3. The summed E-state index contributed by atoms with van der Waals surface area (Å²) in [5, 5.41) is 0. The average Bonchev–Trinajstić information content (AvgIpc) is 3.46. The summed E-state index contributed by atoms with van der Waals surface area (Å²) in [5.41, 5.74) is 2.88. The maximum atomic E-state index is 2.79. The summed E-state index contributed by atoms with van der Waals surface area (Å²) in [4.78, 5) is 5.57. The van der Waals surface area contributed by atoms with Crippen LogP contribution in [0.3, 0.4) is 0 Å². The molecule has 276 valence electrons. The summed E-state index contributed by atoms with van der Waals surface area (Å²) in [7, 11) is 0. The standard InChI is InChI=1S/C47H78N2/c1-4-7-9-11-13-15-16-17-18-19-20-22-24-26-34-40-49-42-41-48(39-33-25-23-21-14-12-10-8-5-2)47(49,43-44-35-29-27-30-36-44)46(6-3)45-37-31-28-32-38-45/h27-32,35-38,41-42,46H,4-26,33-34,39-40,43H2,1-3H3. The van der Waals surface area contributed by atoms with Crippen molar-refractivity contribution >= 4 is 0 Å². The van der Waals surface area contributed by atoms with Crippen LogP contribution in [0.25, 0.3) is 0 Å². The van der Waals surface area contributed by atoms with Crippen LogP contribution in [0, 0.1) is 0 Å². The maximum Gasteiger partial charge on any atom is 0.123 e. The van der Waals surface area contributed by atoms with E-state index in [1.54, 1.807) is 0 Å². The molecule has 0 N–H and O–H groups in total. The van der Waals surface area contributed by atoms with E-state index < -0.39 is 0 Å². The largest absolute Gasteiger partial charge is 0.353 e. The Bertz CT molecular complexity index is 1050. The van der Waals surface area contributed by atoms with Gasteiger partial charge in [0.2, 0.25) is 0 Å². The Labute approximate surface area is 305 Å². The summed E-state index contributed by atoms with van der Waals surface area (Å²) in [5.74, 6) is 0.443. The van der Waals surface area contributed by atoms with Gasteiger partial charge >= 0.3 is 0 Å². The molecule has 0 saturated heterocycles. The highest BCUT2D eigenvalue weighted by atomic mass is 15.4. The molecule has 0 saturated carbocycles. The predicted molar refractivity (Wildman–Crippen MR) is 217 cm³/mol. The Hall–Kier alpha value is -2.22. The zero-order valence-electron chi connectivity index (χ0n) is 32.7. The highest BCUT2D eigenvalue weighted by molar-refractivity contribution is 5.30. The molecule has 0 radical (unpaired) electrons. The fraction of sp³-hybridized carbons (Fsp3) is 0.702. The van der Waals surface area contributed by atoms with Crippen molar-refractivity contribution in [1.29, 1.82) is 0 Å². The molecule has 2 aromatic carbocycles. The molecule has 0 spiro atoms. The van der Waals surface area contributed by atoms with Gasteiger partial charge in [0.25, 0.3) is 0 Å². The first-order chi connectivity index (χ1) is 24.3. The molecule has 2 heteroatoms. The van der Waals surface area contributed by atoms with E-state index in [0.29, 0.717) is 5.92 Å². The van der Waals surface area contributed by atoms with E-state index in [-0.39, 0.29) is 5.66 Å². The number of hydrogen-bond donors (Lipinski definition) is 0. The van der Waals surface area contributed by atoms with Crippen molar-refractivity contribution in [2.75, 3.05) is 13.1 Å². The first-order valence-electron chi connectivity index (χ1n) is 21.6. The predicted octanol–water partition coefficient (Wildman–Crippen LogP) is 14.6. The zero-order chi connectivity index (χ0) is 34.7. The Morgan fingerprint density at radius 3 is 1.14 bits per heavy atom. The van der Waals surface area contributed by atoms with E-state index >= 15 is 0 Å². The van der Waals surface area contributed by atoms with Gasteiger partial charge in [0.05, 0.1) is 0 Å². The minimum Gasteiger partial charge on any atom is -0.353 e. The van der Waals surface area contributed by atoms with E-state index in [0.717, 1.165) is 25.9 Å². The van der Waals surface area contributed by atoms with Gasteiger partial charge in [0.1, 0.15) is 5.66 Å². The minimum absolute atomic E-state index is 0.0619. The van der Waals surface area contributed by atoms with Crippen molar-refractivity contribution in [3.8, 4) is 0 Å². The quantitative estimate of drug-likeness (QED) is 0.0737. The fourth-order valence-corrected chi connectivity index (χ4v) is 8.50. The lowest BCUT2D eigenvalue weighted by atomic mass is 9.78. The molecule has 2 nitrogen and oxygen atoms in total. The monoisotopic (exact) mass is 671 g/mol. The maximum absolute atomic E-state index is 2.79. The second kappa shape index (κ2) is 26.6. The third-order valence-electron chi connectivity index (χ3n) is 11.4. The molecule has 3 rings (SSSR count). The van der Waals surface area contributed by atoms with Gasteiger partial charge < -0.3 is 9.80 Å². The molecule has 2 aromatic rings. The molecule has 0 aliphatic carbocycles. The first-order valence-corrected chi connectivity index (χ1v) is 21.6.